The van der Waals surface area contributed by atoms with Crippen LogP contribution in [0.2, 0.25) is 3.63 Å². The fraction of sp³-hybridized carbons (Fsp3) is 0.0541. The second kappa shape index (κ2) is 11.1. The molecule has 0 fully saturated rings. The molecule has 45 heavy (non-hydrogen) atoms. The van der Waals surface area contributed by atoms with Crippen molar-refractivity contribution in [2.45, 2.75) is 7.25 Å². The van der Waals surface area contributed by atoms with Gasteiger partial charge in [0.15, 0.2) is 0 Å². The van der Waals surface area contributed by atoms with Crippen LogP contribution in [0, 0.1) is 29.1 Å². The molecule has 0 saturated carbocycles. The van der Waals surface area contributed by atoms with Crippen molar-refractivity contribution in [1.29, 1.82) is 0 Å². The van der Waals surface area contributed by atoms with E-state index in [4.69, 9.17) is 17.0 Å². The van der Waals surface area contributed by atoms with Gasteiger partial charge in [0.25, 0.3) is 0 Å². The zero-order valence-corrected chi connectivity index (χ0v) is 27.4. The molecule has 7 rings (SSSR count). The molecule has 0 bridgehead atoms. The third kappa shape index (κ3) is 4.44. The van der Waals surface area contributed by atoms with Crippen molar-refractivity contribution < 1.29 is 37.9 Å². The quantitative estimate of drug-likeness (QED) is 0.0962. The zero-order valence-electron chi connectivity index (χ0n) is 23.4. The summed E-state index contributed by atoms with van der Waals surface area (Å²) in [5.41, 5.74) is 3.77. The van der Waals surface area contributed by atoms with Gasteiger partial charge < -0.3 is 0 Å². The van der Waals surface area contributed by atoms with Crippen LogP contribution in [-0.4, -0.2) is 3.21 Å². The Morgan fingerprint density at radius 1 is 0.533 bits per heavy atom. The molecule has 224 valence electrons. The summed E-state index contributed by atoms with van der Waals surface area (Å²) in [7, 11) is 16.8. The van der Waals surface area contributed by atoms with Crippen molar-refractivity contribution in [3.63, 3.8) is 0 Å². The molecule has 0 radical (unpaired) electrons. The minimum atomic E-state index is -6.21. The minimum absolute atomic E-state index is 0.148. The van der Waals surface area contributed by atoms with Gasteiger partial charge in [-0.1, -0.05) is 0 Å². The van der Waals surface area contributed by atoms with Crippen molar-refractivity contribution in [3.8, 4) is 11.1 Å². The molecule has 1 atom stereocenters. The van der Waals surface area contributed by atoms with Gasteiger partial charge in [0.05, 0.1) is 0 Å². The van der Waals surface area contributed by atoms with Crippen molar-refractivity contribution in [1.82, 2.24) is 0 Å². The van der Waals surface area contributed by atoms with Gasteiger partial charge in [0.1, 0.15) is 0 Å². The van der Waals surface area contributed by atoms with Crippen molar-refractivity contribution in [3.05, 3.63) is 184 Å². The maximum absolute atomic E-state index is 15.6. The first-order valence-corrected chi connectivity index (χ1v) is 24.7. The van der Waals surface area contributed by atoms with Crippen LogP contribution in [0.4, 0.5) is 22.0 Å². The first-order valence-electron chi connectivity index (χ1n) is 14.3. The fourth-order valence-corrected chi connectivity index (χ4v) is 27.8. The van der Waals surface area contributed by atoms with Crippen molar-refractivity contribution in [2.24, 2.45) is 0 Å². The SMILES string of the molecule is Fc1c(F)c(F)c(C2=CC=C[CH]2[Zr]([Cl])([Cl])(=[C](c2ccccc2)c2ccccc2)[CH]2c3ccccc3-c3ccccc32)c(F)c1F. The van der Waals surface area contributed by atoms with Gasteiger partial charge in [0, 0.05) is 0 Å². The molecule has 2 aliphatic carbocycles. The number of halogens is 7. The number of hydrogen-bond donors (Lipinski definition) is 0. The first-order chi connectivity index (χ1) is 21.6. The van der Waals surface area contributed by atoms with Gasteiger partial charge >= 0.3 is 266 Å². The molecular weight excluding hydrogens is 702 g/mol. The van der Waals surface area contributed by atoms with Crippen LogP contribution >= 0.6 is 17.0 Å². The van der Waals surface area contributed by atoms with Crippen LogP contribution in [-0.2, 0) is 15.9 Å². The van der Waals surface area contributed by atoms with E-state index < -0.39 is 57.8 Å². The molecule has 5 aromatic rings. The van der Waals surface area contributed by atoms with E-state index in [-0.39, 0.29) is 5.57 Å². The number of benzene rings is 5. The summed E-state index contributed by atoms with van der Waals surface area (Å²) in [6, 6.07) is 34.1. The molecule has 0 spiro atoms. The topological polar surface area (TPSA) is 0 Å². The summed E-state index contributed by atoms with van der Waals surface area (Å²) in [5.74, 6) is -10.1. The molecule has 0 amide bonds. The first kappa shape index (κ1) is 30.2. The zero-order chi connectivity index (χ0) is 31.5. The Bertz CT molecular complexity index is 2020. The van der Waals surface area contributed by atoms with Crippen LogP contribution in [0.15, 0.2) is 127 Å². The second-order valence-corrected chi connectivity index (χ2v) is 31.9. The third-order valence-electron chi connectivity index (χ3n) is 8.95. The van der Waals surface area contributed by atoms with E-state index in [0.717, 1.165) is 22.3 Å². The van der Waals surface area contributed by atoms with Gasteiger partial charge in [-0.3, -0.25) is 0 Å². The summed E-state index contributed by atoms with van der Waals surface area (Å²) < 4.78 is 73.7. The predicted octanol–water partition coefficient (Wildman–Crippen LogP) is 11.2. The monoisotopic (exact) mass is 722 g/mol. The van der Waals surface area contributed by atoms with Crippen LogP contribution in [0.1, 0.15) is 31.4 Å². The third-order valence-corrected chi connectivity index (χ3v) is 28.5. The fourth-order valence-electron chi connectivity index (χ4n) is 7.17. The van der Waals surface area contributed by atoms with E-state index in [1.54, 1.807) is 6.08 Å². The van der Waals surface area contributed by atoms with E-state index in [1.807, 2.05) is 109 Å². The molecular formula is C37H23Cl2F5Zr. The molecule has 8 heteroatoms. The maximum atomic E-state index is 15.6. The van der Waals surface area contributed by atoms with Crippen LogP contribution in [0.3, 0.4) is 0 Å². The second-order valence-electron chi connectivity index (χ2n) is 11.3. The summed E-state index contributed by atoms with van der Waals surface area (Å²) in [5, 5.41) is 0. The van der Waals surface area contributed by atoms with E-state index in [9.17, 15) is 13.2 Å². The number of rotatable bonds is 5. The Morgan fingerprint density at radius 2 is 0.956 bits per heavy atom. The van der Waals surface area contributed by atoms with Crippen LogP contribution in [0.5, 0.6) is 0 Å². The standard InChI is InChI=1S/C13H9.C13H10.C11H4F5.2ClH.Zr/c1-3-7-12-10(5-1)9-11-6-2-4-8-13(11)12;1-3-7-12(8-4-1)11-13-9-5-2-6-10-13;12-7-6(5-3-1-2-4-5)8(13)10(15)11(16)9(7)14;;;/h1-9H;1-10H;1-4H;2*1H;/q;;;;;+2/p-2. The van der Waals surface area contributed by atoms with Gasteiger partial charge in [-0.05, 0) is 0 Å². The molecule has 0 saturated heterocycles. The van der Waals surface area contributed by atoms with E-state index >= 15 is 8.78 Å². The number of fused-ring (bicyclic) bond motifs is 3. The van der Waals surface area contributed by atoms with Gasteiger partial charge in [-0.15, -0.1) is 0 Å². The number of allylic oxidation sites excluding steroid dienone is 4. The molecule has 0 N–H and O–H groups in total. The average molecular weight is 725 g/mol. The van der Waals surface area contributed by atoms with Crippen LogP contribution in [0.25, 0.3) is 16.7 Å². The van der Waals surface area contributed by atoms with E-state index in [1.165, 1.54) is 12.2 Å². The average Bonchev–Trinajstić information content (AvgIpc) is 3.69. The summed E-state index contributed by atoms with van der Waals surface area (Å²) in [6.07, 6.45) is 4.56. The Kier molecular flexibility index (Phi) is 7.47. The van der Waals surface area contributed by atoms with E-state index in [2.05, 4.69) is 0 Å². The van der Waals surface area contributed by atoms with Crippen molar-refractivity contribution >= 4 is 25.8 Å². The molecule has 0 heterocycles. The summed E-state index contributed by atoms with van der Waals surface area (Å²) in [6.45, 7) is 0. The van der Waals surface area contributed by atoms with Crippen molar-refractivity contribution in [2.75, 3.05) is 0 Å². The molecule has 0 aliphatic heterocycles. The molecule has 0 nitrogen and oxygen atoms in total. The summed E-state index contributed by atoms with van der Waals surface area (Å²) in [4.78, 5) is 0. The van der Waals surface area contributed by atoms with Gasteiger partial charge in [0.2, 0.25) is 0 Å². The Morgan fingerprint density at radius 3 is 1.44 bits per heavy atom. The molecule has 5 aromatic carbocycles. The molecule has 0 aromatic heterocycles. The number of hydrogen-bond acceptors (Lipinski definition) is 0. The molecule has 1 unspecified atom stereocenters. The van der Waals surface area contributed by atoms with Crippen LogP contribution < -0.4 is 0 Å². The molecule has 2 aliphatic rings. The Balaban J connectivity index is 1.68. The van der Waals surface area contributed by atoms with E-state index in [0.29, 0.717) is 14.3 Å². The predicted molar refractivity (Wildman–Crippen MR) is 169 cm³/mol. The Labute approximate surface area is 264 Å². The normalized spacial score (nSPS) is 16.0. The van der Waals surface area contributed by atoms with Gasteiger partial charge in [-0.2, -0.15) is 0 Å². The van der Waals surface area contributed by atoms with Gasteiger partial charge in [-0.25, -0.2) is 0 Å². The Hall–Kier alpha value is -3.44. The summed E-state index contributed by atoms with van der Waals surface area (Å²) >= 11 is -6.21.